The van der Waals surface area contributed by atoms with E-state index in [4.69, 9.17) is 9.72 Å². The number of anilines is 1. The number of aryl methyl sites for hydroxylation is 1. The van der Waals surface area contributed by atoms with Crippen molar-refractivity contribution in [3.05, 3.63) is 84.2 Å². The number of para-hydroxylation sites is 1. The van der Waals surface area contributed by atoms with Crippen LogP contribution in [-0.2, 0) is 17.8 Å². The number of hydrogen-bond acceptors (Lipinski definition) is 5. The zero-order valence-corrected chi connectivity index (χ0v) is 16.9. The van der Waals surface area contributed by atoms with Gasteiger partial charge in [-0.2, -0.15) is 0 Å². The molecule has 5 nitrogen and oxygen atoms in total. The van der Waals surface area contributed by atoms with Crippen LogP contribution in [0.25, 0.3) is 10.2 Å². The Morgan fingerprint density at radius 3 is 2.66 bits per heavy atom. The van der Waals surface area contributed by atoms with Crippen molar-refractivity contribution in [1.29, 1.82) is 0 Å². The van der Waals surface area contributed by atoms with Crippen molar-refractivity contribution in [3.8, 4) is 5.75 Å². The Hall–Kier alpha value is -3.25. The summed E-state index contributed by atoms with van der Waals surface area (Å²) in [5.41, 5.74) is 2.95. The van der Waals surface area contributed by atoms with E-state index in [9.17, 15) is 4.79 Å². The molecule has 2 aromatic carbocycles. The van der Waals surface area contributed by atoms with Gasteiger partial charge in [-0.3, -0.25) is 14.7 Å². The zero-order valence-electron chi connectivity index (χ0n) is 16.1. The molecule has 2 aromatic heterocycles. The van der Waals surface area contributed by atoms with E-state index in [1.807, 2.05) is 54.6 Å². The molecule has 0 aliphatic heterocycles. The summed E-state index contributed by atoms with van der Waals surface area (Å²) in [6.07, 6.45) is 2.69. The number of carbonyl (C=O) groups excluding carboxylic acids is 1. The van der Waals surface area contributed by atoms with E-state index >= 15 is 0 Å². The SMILES string of the molecule is CCc1ccc2nc(N(Cc3ccccn3)C(=O)COc3ccccc3)sc2c1. The van der Waals surface area contributed by atoms with Crippen LogP contribution in [0.3, 0.4) is 0 Å². The molecule has 2 heterocycles. The van der Waals surface area contributed by atoms with Crippen molar-refractivity contribution in [1.82, 2.24) is 9.97 Å². The maximum Gasteiger partial charge on any atom is 0.267 e. The third-order valence-corrected chi connectivity index (χ3v) is 5.57. The van der Waals surface area contributed by atoms with E-state index in [0.29, 0.717) is 17.4 Å². The van der Waals surface area contributed by atoms with E-state index in [1.54, 1.807) is 11.1 Å². The maximum absolute atomic E-state index is 13.1. The molecule has 146 valence electrons. The summed E-state index contributed by atoms with van der Waals surface area (Å²) in [4.78, 5) is 23.8. The Labute approximate surface area is 173 Å². The van der Waals surface area contributed by atoms with Crippen molar-refractivity contribution < 1.29 is 9.53 Å². The molecule has 0 spiro atoms. The Balaban J connectivity index is 1.61. The van der Waals surface area contributed by atoms with Crippen LogP contribution < -0.4 is 9.64 Å². The van der Waals surface area contributed by atoms with Gasteiger partial charge in [0.1, 0.15) is 5.75 Å². The molecule has 0 radical (unpaired) electrons. The first-order valence-corrected chi connectivity index (χ1v) is 10.3. The minimum Gasteiger partial charge on any atom is -0.484 e. The first-order chi connectivity index (χ1) is 14.2. The van der Waals surface area contributed by atoms with Crippen molar-refractivity contribution >= 4 is 32.6 Å². The highest BCUT2D eigenvalue weighted by atomic mass is 32.1. The molecule has 1 amide bonds. The molecule has 0 fully saturated rings. The van der Waals surface area contributed by atoms with Gasteiger partial charge in [0.2, 0.25) is 0 Å². The van der Waals surface area contributed by atoms with Crippen LogP contribution in [0.4, 0.5) is 5.13 Å². The lowest BCUT2D eigenvalue weighted by Gasteiger charge is -2.19. The molecule has 0 saturated carbocycles. The summed E-state index contributed by atoms with van der Waals surface area (Å²) in [6, 6.07) is 21.2. The highest BCUT2D eigenvalue weighted by molar-refractivity contribution is 7.22. The molecule has 0 atom stereocenters. The molecule has 29 heavy (non-hydrogen) atoms. The highest BCUT2D eigenvalue weighted by Gasteiger charge is 2.21. The van der Waals surface area contributed by atoms with Gasteiger partial charge < -0.3 is 4.74 Å². The molecule has 0 unspecified atom stereocenters. The number of nitrogens with zero attached hydrogens (tertiary/aromatic N) is 3. The van der Waals surface area contributed by atoms with E-state index in [2.05, 4.69) is 24.0 Å². The normalized spacial score (nSPS) is 10.8. The first kappa shape index (κ1) is 19.1. The summed E-state index contributed by atoms with van der Waals surface area (Å²) < 4.78 is 6.76. The molecule has 4 aromatic rings. The Kier molecular flexibility index (Phi) is 5.81. The number of aromatic nitrogens is 2. The van der Waals surface area contributed by atoms with Gasteiger partial charge in [0.15, 0.2) is 11.7 Å². The monoisotopic (exact) mass is 403 g/mol. The average Bonchev–Trinajstić information content (AvgIpc) is 3.20. The number of ether oxygens (including phenoxy) is 1. The van der Waals surface area contributed by atoms with Gasteiger partial charge in [-0.25, -0.2) is 4.98 Å². The van der Waals surface area contributed by atoms with Crippen molar-refractivity contribution in [2.24, 2.45) is 0 Å². The number of pyridine rings is 1. The van der Waals surface area contributed by atoms with Gasteiger partial charge >= 0.3 is 0 Å². The first-order valence-electron chi connectivity index (χ1n) is 9.50. The fourth-order valence-electron chi connectivity index (χ4n) is 2.95. The van der Waals surface area contributed by atoms with Crippen LogP contribution >= 0.6 is 11.3 Å². The Morgan fingerprint density at radius 1 is 1.07 bits per heavy atom. The van der Waals surface area contributed by atoms with E-state index in [0.717, 1.165) is 22.3 Å². The van der Waals surface area contributed by atoms with Crippen LogP contribution in [0, 0.1) is 0 Å². The van der Waals surface area contributed by atoms with Crippen LogP contribution in [0.15, 0.2) is 72.9 Å². The number of rotatable bonds is 7. The van der Waals surface area contributed by atoms with E-state index in [1.165, 1.54) is 16.9 Å². The van der Waals surface area contributed by atoms with E-state index in [-0.39, 0.29) is 12.5 Å². The minimum absolute atomic E-state index is 0.0625. The summed E-state index contributed by atoms with van der Waals surface area (Å²) in [5.74, 6) is 0.504. The third kappa shape index (κ3) is 4.60. The van der Waals surface area contributed by atoms with Crippen LogP contribution in [0.1, 0.15) is 18.2 Å². The maximum atomic E-state index is 13.1. The topological polar surface area (TPSA) is 55.3 Å². The number of amides is 1. The second-order valence-corrected chi connectivity index (χ2v) is 7.56. The fraction of sp³-hybridized carbons (Fsp3) is 0.174. The summed E-state index contributed by atoms with van der Waals surface area (Å²) in [7, 11) is 0. The molecule has 6 heteroatoms. The van der Waals surface area contributed by atoms with Gasteiger partial charge in [-0.05, 0) is 48.4 Å². The number of hydrogen-bond donors (Lipinski definition) is 0. The molecular weight excluding hydrogens is 382 g/mol. The van der Waals surface area contributed by atoms with Gasteiger partial charge in [0.25, 0.3) is 5.91 Å². The van der Waals surface area contributed by atoms with Crippen molar-refractivity contribution in [2.75, 3.05) is 11.5 Å². The number of carbonyl (C=O) groups is 1. The lowest BCUT2D eigenvalue weighted by atomic mass is 10.2. The smallest absolute Gasteiger partial charge is 0.267 e. The average molecular weight is 404 g/mol. The number of benzene rings is 2. The second kappa shape index (κ2) is 8.84. The van der Waals surface area contributed by atoms with Gasteiger partial charge in [-0.1, -0.05) is 48.6 Å². The van der Waals surface area contributed by atoms with Crippen LogP contribution in [0.5, 0.6) is 5.75 Å². The van der Waals surface area contributed by atoms with Crippen molar-refractivity contribution in [2.45, 2.75) is 19.9 Å². The highest BCUT2D eigenvalue weighted by Crippen LogP contribution is 2.30. The molecular formula is C23H21N3O2S. The summed E-state index contributed by atoms with van der Waals surface area (Å²) in [6.45, 7) is 2.41. The van der Waals surface area contributed by atoms with Gasteiger partial charge in [0.05, 0.1) is 22.5 Å². The molecule has 4 rings (SSSR count). The third-order valence-electron chi connectivity index (χ3n) is 4.53. The van der Waals surface area contributed by atoms with Gasteiger partial charge in [0, 0.05) is 6.20 Å². The van der Waals surface area contributed by atoms with E-state index < -0.39 is 0 Å². The predicted molar refractivity (Wildman–Crippen MR) is 116 cm³/mol. The summed E-state index contributed by atoms with van der Waals surface area (Å²) >= 11 is 1.51. The molecule has 0 aliphatic rings. The Bertz CT molecular complexity index is 1100. The zero-order chi connectivity index (χ0) is 20.1. The van der Waals surface area contributed by atoms with Gasteiger partial charge in [-0.15, -0.1) is 0 Å². The number of thiazole rings is 1. The fourth-order valence-corrected chi connectivity index (χ4v) is 3.99. The molecule has 0 bridgehead atoms. The standard InChI is InChI=1S/C23H21N3O2S/c1-2-17-11-12-20-21(14-17)29-23(25-20)26(15-18-8-6-7-13-24-18)22(27)16-28-19-9-4-3-5-10-19/h3-14H,2,15-16H2,1H3. The lowest BCUT2D eigenvalue weighted by molar-refractivity contribution is -0.120. The molecule has 0 aliphatic carbocycles. The quantitative estimate of drug-likeness (QED) is 0.442. The lowest BCUT2D eigenvalue weighted by Crippen LogP contribution is -2.34. The minimum atomic E-state index is -0.158. The summed E-state index contributed by atoms with van der Waals surface area (Å²) in [5, 5.41) is 0.653. The largest absolute Gasteiger partial charge is 0.484 e. The molecule has 0 saturated heterocycles. The van der Waals surface area contributed by atoms with Crippen LogP contribution in [0.2, 0.25) is 0 Å². The molecule has 0 N–H and O–H groups in total. The van der Waals surface area contributed by atoms with Crippen LogP contribution in [-0.4, -0.2) is 22.5 Å². The Morgan fingerprint density at radius 2 is 1.90 bits per heavy atom. The number of fused-ring (bicyclic) bond motifs is 1. The van der Waals surface area contributed by atoms with Crippen molar-refractivity contribution in [3.63, 3.8) is 0 Å². The predicted octanol–water partition coefficient (Wildman–Crippen LogP) is 4.87. The second-order valence-electron chi connectivity index (χ2n) is 6.55.